The van der Waals surface area contributed by atoms with Gasteiger partial charge in [-0.1, -0.05) is 12.7 Å². The van der Waals surface area contributed by atoms with Crippen LogP contribution in [0.4, 0.5) is 0 Å². The predicted molar refractivity (Wildman–Crippen MR) is 34.0 cm³/mol. The smallest absolute Gasteiger partial charge is 0.308 e. The van der Waals surface area contributed by atoms with Crippen LogP contribution in [0, 0.1) is 5.92 Å². The van der Waals surface area contributed by atoms with Crippen molar-refractivity contribution >= 4 is 5.97 Å². The molecule has 0 radical (unpaired) electrons. The summed E-state index contributed by atoms with van der Waals surface area (Å²) >= 11 is 0. The van der Waals surface area contributed by atoms with E-state index >= 15 is 0 Å². The topological polar surface area (TPSA) is 26.3 Å². The molecular weight excluding hydrogens is 116 g/mol. The maximum atomic E-state index is 11.4. The third kappa shape index (κ3) is 1.44. The highest BCUT2D eigenvalue weighted by molar-refractivity contribution is 5.72. The van der Waals surface area contributed by atoms with E-state index in [1.54, 1.807) is 0 Å². The Labute approximate surface area is 66.4 Å². The Bertz CT molecular complexity index is 324. The lowest BCUT2D eigenvalue weighted by molar-refractivity contribution is -0.145. The fourth-order valence-corrected chi connectivity index (χ4v) is 0.488. The lowest BCUT2D eigenvalue weighted by Gasteiger charge is -2.03. The second-order valence-electron chi connectivity index (χ2n) is 1.49. The molecule has 52 valence electrons. The highest BCUT2D eigenvalue weighted by Gasteiger charge is 2.22. The van der Waals surface area contributed by atoms with Crippen molar-refractivity contribution in [1.29, 1.82) is 0 Å². The van der Waals surface area contributed by atoms with Gasteiger partial charge < -0.3 is 4.74 Å². The van der Waals surface area contributed by atoms with Crippen molar-refractivity contribution in [1.82, 2.24) is 0 Å². The Morgan fingerprint density at radius 1 is 1.67 bits per heavy atom. The van der Waals surface area contributed by atoms with Gasteiger partial charge in [0, 0.05) is 11.0 Å². The minimum Gasteiger partial charge on any atom is -0.469 e. The van der Waals surface area contributed by atoms with Gasteiger partial charge in [-0.15, -0.1) is 0 Å². The van der Waals surface area contributed by atoms with Crippen LogP contribution in [-0.4, -0.2) is 13.1 Å². The summed E-state index contributed by atoms with van der Waals surface area (Å²) in [4.78, 5) is 11.4. The number of esters is 1. The zero-order chi connectivity index (χ0) is 13.9. The number of methoxy groups -OCH3 is 1. The minimum atomic E-state index is -3.14. The molecule has 2 heteroatoms. The summed E-state index contributed by atoms with van der Waals surface area (Å²) in [5, 5.41) is 0. The number of rotatable bonds is 1. The van der Waals surface area contributed by atoms with Crippen molar-refractivity contribution in [2.24, 2.45) is 5.92 Å². The maximum absolute atomic E-state index is 11.4. The molecule has 1 aliphatic rings. The first-order valence-electron chi connectivity index (χ1n) is 6.43. The number of hydrogen-bond donors (Lipinski definition) is 0. The van der Waals surface area contributed by atoms with E-state index in [4.69, 9.17) is 11.0 Å². The molecular formula is C7H12O2. The van der Waals surface area contributed by atoms with Crippen molar-refractivity contribution < 1.29 is 20.5 Å². The number of ether oxygens (including phenoxy) is 1. The fraction of sp³-hybridized carbons (Fsp3) is 0.857. The summed E-state index contributed by atoms with van der Waals surface area (Å²) < 4.78 is 63.9. The van der Waals surface area contributed by atoms with Gasteiger partial charge >= 0.3 is 5.97 Å². The highest BCUT2D eigenvalue weighted by atomic mass is 16.5. The highest BCUT2D eigenvalue weighted by Crippen LogP contribution is 2.25. The molecule has 0 bridgehead atoms. The molecule has 0 aromatic rings. The third-order valence-electron chi connectivity index (χ3n) is 0.932. The molecule has 1 rings (SSSR count). The lowest BCUT2D eigenvalue weighted by Crippen LogP contribution is -2.11. The number of carbonyl (C=O) groups excluding carboxylic acids is 1. The molecule has 0 unspecified atom stereocenters. The number of hydrogen-bond acceptors (Lipinski definition) is 2. The Balaban J connectivity index is 3.48. The third-order valence-corrected chi connectivity index (χ3v) is 0.932. The zero-order valence-corrected chi connectivity index (χ0v) is 4.89. The van der Waals surface area contributed by atoms with Crippen LogP contribution < -0.4 is 0 Å². The van der Waals surface area contributed by atoms with E-state index in [0.717, 1.165) is 7.11 Å². The van der Waals surface area contributed by atoms with Crippen molar-refractivity contribution in [3.8, 4) is 0 Å². The molecule has 0 N–H and O–H groups in total. The van der Waals surface area contributed by atoms with E-state index in [9.17, 15) is 4.79 Å². The van der Waals surface area contributed by atoms with E-state index < -0.39 is 37.4 Å². The van der Waals surface area contributed by atoms with E-state index in [1.165, 1.54) is 0 Å². The normalized spacial score (nSPS) is 55.7. The van der Waals surface area contributed by atoms with Gasteiger partial charge in [0.15, 0.2) is 0 Å². The molecule has 0 spiro atoms. The quantitative estimate of drug-likeness (QED) is 0.509. The second kappa shape index (κ2) is 2.85. The van der Waals surface area contributed by atoms with Crippen LogP contribution in [0.3, 0.4) is 0 Å². The summed E-state index contributed by atoms with van der Waals surface area (Å²) in [7, 11) is 0.915. The SMILES string of the molecule is [2H]C1([2H])C(C(=O)OC)C([2H])([2H])C([2H])([2H])C1([2H])[2H]. The first-order chi connectivity index (χ1) is 7.35. The van der Waals surface area contributed by atoms with Crippen LogP contribution in [0.15, 0.2) is 0 Å². The summed E-state index contributed by atoms with van der Waals surface area (Å²) in [5.74, 6) is -3.45. The minimum absolute atomic E-state index is 0.915. The molecule has 1 saturated carbocycles. The van der Waals surface area contributed by atoms with Gasteiger partial charge in [0.1, 0.15) is 0 Å². The van der Waals surface area contributed by atoms with Crippen LogP contribution in [0.2, 0.25) is 0 Å². The molecule has 0 aliphatic heterocycles. The van der Waals surface area contributed by atoms with Crippen molar-refractivity contribution in [3.05, 3.63) is 0 Å². The molecule has 0 amide bonds. The van der Waals surface area contributed by atoms with Gasteiger partial charge in [0.2, 0.25) is 0 Å². The second-order valence-corrected chi connectivity index (χ2v) is 1.49. The zero-order valence-electron chi connectivity index (χ0n) is 12.9. The predicted octanol–water partition coefficient (Wildman–Crippen LogP) is 1.35. The van der Waals surface area contributed by atoms with Gasteiger partial charge in [0.05, 0.1) is 13.0 Å². The van der Waals surface area contributed by atoms with Crippen molar-refractivity contribution in [2.75, 3.05) is 7.11 Å². The molecule has 0 heterocycles. The van der Waals surface area contributed by atoms with Gasteiger partial charge in [-0.3, -0.25) is 4.79 Å². The lowest BCUT2D eigenvalue weighted by atomic mass is 10.1. The molecule has 1 aliphatic carbocycles. The Morgan fingerprint density at radius 3 is 2.67 bits per heavy atom. The fourth-order valence-electron chi connectivity index (χ4n) is 0.488. The van der Waals surface area contributed by atoms with Gasteiger partial charge in [-0.05, 0) is 12.7 Å². The first-order valence-corrected chi connectivity index (χ1v) is 2.43. The first kappa shape index (κ1) is 1.74. The van der Waals surface area contributed by atoms with Crippen LogP contribution in [0.1, 0.15) is 36.5 Å². The average Bonchev–Trinajstić information content (AvgIpc) is 2.21. The van der Waals surface area contributed by atoms with E-state index in [-0.39, 0.29) is 0 Å². The van der Waals surface area contributed by atoms with Crippen LogP contribution >= 0.6 is 0 Å². The van der Waals surface area contributed by atoms with E-state index in [1.807, 2.05) is 0 Å². The molecule has 0 aromatic heterocycles. The molecule has 2 nitrogen and oxygen atoms in total. The molecule has 0 saturated heterocycles. The summed E-state index contributed by atoms with van der Waals surface area (Å²) in [6.07, 6.45) is -12.3. The summed E-state index contributed by atoms with van der Waals surface area (Å²) in [6, 6.07) is 0. The Hall–Kier alpha value is -0.530. The van der Waals surface area contributed by atoms with Crippen LogP contribution in [0.25, 0.3) is 0 Å². The van der Waals surface area contributed by atoms with Gasteiger partial charge in [-0.25, -0.2) is 0 Å². The largest absolute Gasteiger partial charge is 0.469 e. The van der Waals surface area contributed by atoms with Gasteiger partial charge in [0.25, 0.3) is 0 Å². The molecule has 0 aromatic carbocycles. The van der Waals surface area contributed by atoms with E-state index in [0.29, 0.717) is 0 Å². The molecule has 9 heavy (non-hydrogen) atoms. The van der Waals surface area contributed by atoms with Crippen molar-refractivity contribution in [2.45, 2.75) is 25.5 Å². The summed E-state index contributed by atoms with van der Waals surface area (Å²) in [5.41, 5.74) is 0. The van der Waals surface area contributed by atoms with Crippen LogP contribution in [-0.2, 0) is 9.53 Å². The van der Waals surface area contributed by atoms with E-state index in [2.05, 4.69) is 4.74 Å². The standard InChI is InChI=1S/C7H12O2/c1-9-7(8)6-4-2-3-5-6/h6H,2-5H2,1H3/i2D2,3D2,4D2,5D2. The maximum Gasteiger partial charge on any atom is 0.308 e. The van der Waals surface area contributed by atoms with Gasteiger partial charge in [-0.2, -0.15) is 0 Å². The molecule has 0 atom stereocenters. The van der Waals surface area contributed by atoms with Crippen molar-refractivity contribution in [3.63, 3.8) is 0 Å². The monoisotopic (exact) mass is 136 g/mol. The van der Waals surface area contributed by atoms with Crippen LogP contribution in [0.5, 0.6) is 0 Å². The summed E-state index contributed by atoms with van der Waals surface area (Å²) in [6.45, 7) is 0. The molecule has 1 fully saturated rings. The Kier molecular flexibility index (Phi) is 0.552. The Morgan fingerprint density at radius 2 is 2.22 bits per heavy atom. The number of carbonyl (C=O) groups is 1. The average molecular weight is 136 g/mol.